The molecule has 0 unspecified atom stereocenters. The standard InChI is InChI=1S/C9H7Br2Cl2N/c10-7-2-1-3-8(11)9(7)14-5-6(13)4-12/h1-4,14H,5H2/b6-4+. The van der Waals surface area contributed by atoms with Crippen LogP contribution in [0.15, 0.2) is 37.7 Å². The van der Waals surface area contributed by atoms with E-state index in [9.17, 15) is 0 Å². The largest absolute Gasteiger partial charge is 0.378 e. The molecule has 1 rings (SSSR count). The number of para-hydroxylation sites is 1. The average Bonchev–Trinajstić information content (AvgIpc) is 2.16. The normalized spacial score (nSPS) is 11.6. The zero-order valence-corrected chi connectivity index (χ0v) is 11.7. The second-order valence-electron chi connectivity index (χ2n) is 2.51. The minimum Gasteiger partial charge on any atom is -0.378 e. The third-order valence-corrected chi connectivity index (χ3v) is 3.45. The molecule has 1 N–H and O–H groups in total. The van der Waals surface area contributed by atoms with Crippen LogP contribution in [-0.4, -0.2) is 6.54 Å². The van der Waals surface area contributed by atoms with Crippen LogP contribution in [-0.2, 0) is 0 Å². The van der Waals surface area contributed by atoms with Crippen LogP contribution in [0.2, 0.25) is 0 Å². The molecule has 0 spiro atoms. The highest BCUT2D eigenvalue weighted by molar-refractivity contribution is 9.11. The first kappa shape index (κ1) is 12.4. The predicted octanol–water partition coefficient (Wildman–Crippen LogP) is 4.94. The first-order valence-electron chi connectivity index (χ1n) is 3.77. The second kappa shape index (κ2) is 6.01. The number of halogens is 4. The molecule has 76 valence electrons. The molecule has 0 radical (unpaired) electrons. The van der Waals surface area contributed by atoms with Crippen molar-refractivity contribution < 1.29 is 0 Å². The molecule has 0 bridgehead atoms. The summed E-state index contributed by atoms with van der Waals surface area (Å²) in [5.74, 6) is 0. The Labute approximate surface area is 110 Å². The van der Waals surface area contributed by atoms with Crippen molar-refractivity contribution in [2.24, 2.45) is 0 Å². The third kappa shape index (κ3) is 3.46. The Morgan fingerprint density at radius 1 is 1.36 bits per heavy atom. The van der Waals surface area contributed by atoms with Crippen molar-refractivity contribution in [3.8, 4) is 0 Å². The summed E-state index contributed by atoms with van der Waals surface area (Å²) < 4.78 is 1.96. The van der Waals surface area contributed by atoms with Crippen molar-refractivity contribution in [2.75, 3.05) is 11.9 Å². The Morgan fingerprint density at radius 2 is 1.93 bits per heavy atom. The Hall–Kier alpha value is 0.300. The summed E-state index contributed by atoms with van der Waals surface area (Å²) in [5.41, 5.74) is 2.31. The van der Waals surface area contributed by atoms with Crippen LogP contribution < -0.4 is 5.32 Å². The van der Waals surface area contributed by atoms with Crippen molar-refractivity contribution in [2.45, 2.75) is 0 Å². The van der Waals surface area contributed by atoms with Gasteiger partial charge in [-0.2, -0.15) is 0 Å². The highest BCUT2D eigenvalue weighted by atomic mass is 79.9. The number of nitrogens with one attached hydrogen (secondary N) is 1. The van der Waals surface area contributed by atoms with Gasteiger partial charge in [0.05, 0.1) is 12.2 Å². The number of anilines is 1. The van der Waals surface area contributed by atoms with E-state index in [4.69, 9.17) is 23.2 Å². The minimum atomic E-state index is 0.506. The zero-order valence-electron chi connectivity index (χ0n) is 7.03. The fraction of sp³-hybridized carbons (Fsp3) is 0.111. The van der Waals surface area contributed by atoms with Gasteiger partial charge in [0, 0.05) is 19.5 Å². The summed E-state index contributed by atoms with van der Waals surface area (Å²) in [6, 6.07) is 5.84. The summed E-state index contributed by atoms with van der Waals surface area (Å²) in [5, 5.41) is 3.72. The van der Waals surface area contributed by atoms with E-state index in [1.165, 1.54) is 5.54 Å². The molecule has 0 aliphatic rings. The van der Waals surface area contributed by atoms with E-state index < -0.39 is 0 Å². The van der Waals surface area contributed by atoms with E-state index in [0.29, 0.717) is 11.6 Å². The molecule has 0 heterocycles. The molecule has 1 nitrogen and oxygen atoms in total. The van der Waals surface area contributed by atoms with Crippen molar-refractivity contribution in [1.29, 1.82) is 0 Å². The first-order chi connectivity index (χ1) is 6.65. The molecule has 0 saturated heterocycles. The van der Waals surface area contributed by atoms with Gasteiger partial charge in [0.2, 0.25) is 0 Å². The molecule has 14 heavy (non-hydrogen) atoms. The summed E-state index contributed by atoms with van der Waals surface area (Å²) in [4.78, 5) is 0. The van der Waals surface area contributed by atoms with Crippen molar-refractivity contribution >= 4 is 60.7 Å². The van der Waals surface area contributed by atoms with Gasteiger partial charge in [-0.15, -0.1) is 0 Å². The maximum absolute atomic E-state index is 5.76. The summed E-state index contributed by atoms with van der Waals surface area (Å²) in [6.07, 6.45) is 0. The lowest BCUT2D eigenvalue weighted by Gasteiger charge is -2.09. The lowest BCUT2D eigenvalue weighted by Crippen LogP contribution is -2.02. The van der Waals surface area contributed by atoms with Gasteiger partial charge in [0.25, 0.3) is 0 Å². The lowest BCUT2D eigenvalue weighted by molar-refractivity contribution is 1.30. The fourth-order valence-electron chi connectivity index (χ4n) is 0.878. The molecule has 0 atom stereocenters. The number of benzene rings is 1. The molecule has 0 aliphatic carbocycles. The van der Waals surface area contributed by atoms with Crippen LogP contribution in [0.1, 0.15) is 0 Å². The van der Waals surface area contributed by atoms with E-state index in [1.807, 2.05) is 18.2 Å². The molecule has 5 heteroatoms. The fourth-order valence-corrected chi connectivity index (χ4v) is 2.30. The van der Waals surface area contributed by atoms with Gasteiger partial charge in [-0.3, -0.25) is 0 Å². The van der Waals surface area contributed by atoms with E-state index >= 15 is 0 Å². The van der Waals surface area contributed by atoms with Crippen LogP contribution in [0.3, 0.4) is 0 Å². The molecule has 0 saturated carbocycles. The SMILES string of the molecule is Cl/C=C(/Cl)CNc1c(Br)cccc1Br. The molecule has 0 aliphatic heterocycles. The van der Waals surface area contributed by atoms with Crippen LogP contribution in [0.4, 0.5) is 5.69 Å². The number of hydrogen-bond donors (Lipinski definition) is 1. The smallest absolute Gasteiger partial charge is 0.0631 e. The van der Waals surface area contributed by atoms with Crippen LogP contribution in [0.25, 0.3) is 0 Å². The highest BCUT2D eigenvalue weighted by Gasteiger charge is 2.03. The van der Waals surface area contributed by atoms with Gasteiger partial charge in [-0.25, -0.2) is 0 Å². The van der Waals surface area contributed by atoms with E-state index in [2.05, 4.69) is 37.2 Å². The summed E-state index contributed by atoms with van der Waals surface area (Å²) >= 11 is 18.1. The molecule has 1 aromatic rings. The minimum absolute atomic E-state index is 0.506. The predicted molar refractivity (Wildman–Crippen MR) is 70.1 cm³/mol. The van der Waals surface area contributed by atoms with Crippen molar-refractivity contribution in [3.63, 3.8) is 0 Å². The number of hydrogen-bond acceptors (Lipinski definition) is 1. The topological polar surface area (TPSA) is 12.0 Å². The third-order valence-electron chi connectivity index (χ3n) is 1.52. The summed E-state index contributed by atoms with van der Waals surface area (Å²) in [6.45, 7) is 0.506. The monoisotopic (exact) mass is 357 g/mol. The molecule has 0 amide bonds. The van der Waals surface area contributed by atoms with Gasteiger partial charge in [-0.05, 0) is 44.0 Å². The Bertz CT molecular complexity index is 332. The van der Waals surface area contributed by atoms with Crippen molar-refractivity contribution in [1.82, 2.24) is 0 Å². The van der Waals surface area contributed by atoms with Crippen LogP contribution in [0.5, 0.6) is 0 Å². The molecular formula is C9H7Br2Cl2N. The van der Waals surface area contributed by atoms with E-state index in [1.54, 1.807) is 0 Å². The molecular weight excluding hydrogens is 353 g/mol. The van der Waals surface area contributed by atoms with Crippen LogP contribution in [0, 0.1) is 0 Å². The van der Waals surface area contributed by atoms with E-state index in [-0.39, 0.29) is 0 Å². The second-order valence-corrected chi connectivity index (χ2v) is 4.92. The van der Waals surface area contributed by atoms with Crippen molar-refractivity contribution in [3.05, 3.63) is 37.7 Å². The van der Waals surface area contributed by atoms with Gasteiger partial charge in [0.1, 0.15) is 0 Å². The Morgan fingerprint density at radius 3 is 2.43 bits per heavy atom. The first-order valence-corrected chi connectivity index (χ1v) is 6.18. The molecule has 0 fully saturated rings. The molecule has 0 aromatic heterocycles. The average molecular weight is 360 g/mol. The maximum Gasteiger partial charge on any atom is 0.0631 e. The zero-order chi connectivity index (χ0) is 10.6. The molecule has 1 aromatic carbocycles. The summed E-state index contributed by atoms with van der Waals surface area (Å²) in [7, 11) is 0. The van der Waals surface area contributed by atoms with E-state index in [0.717, 1.165) is 14.6 Å². The van der Waals surface area contributed by atoms with Gasteiger partial charge in [0.15, 0.2) is 0 Å². The lowest BCUT2D eigenvalue weighted by atomic mass is 10.3. The highest BCUT2D eigenvalue weighted by Crippen LogP contribution is 2.30. The quantitative estimate of drug-likeness (QED) is 0.805. The Kier molecular flexibility index (Phi) is 5.31. The van der Waals surface area contributed by atoms with Gasteiger partial charge in [-0.1, -0.05) is 29.3 Å². The maximum atomic E-state index is 5.76. The van der Waals surface area contributed by atoms with Gasteiger partial charge < -0.3 is 5.32 Å². The van der Waals surface area contributed by atoms with Crippen LogP contribution >= 0.6 is 55.1 Å². The van der Waals surface area contributed by atoms with Gasteiger partial charge >= 0.3 is 0 Å². The number of rotatable bonds is 3. The Balaban J connectivity index is 2.76.